The lowest BCUT2D eigenvalue weighted by Crippen LogP contribution is -2.41. The predicted octanol–water partition coefficient (Wildman–Crippen LogP) is 5.48. The zero-order valence-corrected chi connectivity index (χ0v) is 23.4. The molecule has 0 saturated heterocycles. The third-order valence-electron chi connectivity index (χ3n) is 4.74. The summed E-state index contributed by atoms with van der Waals surface area (Å²) in [6, 6.07) is 7.03. The Bertz CT molecular complexity index is 1420. The number of carbonyl (C=O) groups is 2. The van der Waals surface area contributed by atoms with Gasteiger partial charge in [-0.3, -0.25) is 14.9 Å². The lowest BCUT2D eigenvalue weighted by Gasteiger charge is -2.23. The topological polar surface area (TPSA) is 110 Å². The van der Waals surface area contributed by atoms with Gasteiger partial charge in [0.2, 0.25) is 5.88 Å². The van der Waals surface area contributed by atoms with Crippen LogP contribution in [0.5, 0.6) is 5.88 Å². The molecule has 0 radical (unpaired) electrons. The first-order chi connectivity index (χ1) is 18.0. The minimum absolute atomic E-state index is 0.0280. The van der Waals surface area contributed by atoms with Gasteiger partial charge in [0.25, 0.3) is 11.8 Å². The molecule has 0 aliphatic rings. The molecule has 0 aliphatic heterocycles. The molecule has 2 aromatic heterocycles. The van der Waals surface area contributed by atoms with Crippen LogP contribution in [0, 0.1) is 6.92 Å². The number of benzene rings is 1. The number of nitrogens with zero attached hydrogens (tertiary/aromatic N) is 3. The normalized spacial score (nSPS) is 11.6. The molecule has 208 valence electrons. The molecular formula is C24H23Cl2F3N6O3S. The Labute approximate surface area is 237 Å². The largest absolute Gasteiger partial charge is 0.467 e. The molecule has 0 fully saturated rings. The summed E-state index contributed by atoms with van der Waals surface area (Å²) >= 11 is 17.6. The van der Waals surface area contributed by atoms with E-state index in [1.807, 2.05) is 20.8 Å². The molecule has 0 bridgehead atoms. The average molecular weight is 603 g/mol. The summed E-state index contributed by atoms with van der Waals surface area (Å²) in [7, 11) is 0. The number of ether oxygens (including phenoxy) is 1. The van der Waals surface area contributed by atoms with Gasteiger partial charge >= 0.3 is 6.18 Å². The summed E-state index contributed by atoms with van der Waals surface area (Å²) in [6.45, 7) is 5.49. The maximum absolute atomic E-state index is 13.2. The van der Waals surface area contributed by atoms with Crippen LogP contribution in [-0.2, 0) is 0 Å². The second-order valence-electron chi connectivity index (χ2n) is 9.25. The van der Waals surface area contributed by atoms with Gasteiger partial charge in [-0.05, 0) is 69.7 Å². The quantitative estimate of drug-likeness (QED) is 0.320. The minimum Gasteiger partial charge on any atom is -0.467 e. The van der Waals surface area contributed by atoms with Gasteiger partial charge in [0, 0.05) is 22.8 Å². The van der Waals surface area contributed by atoms with Crippen LogP contribution in [0.1, 0.15) is 47.2 Å². The highest BCUT2D eigenvalue weighted by Gasteiger charge is 2.30. The summed E-state index contributed by atoms with van der Waals surface area (Å²) in [6.07, 6.45) is -3.27. The number of hydrogen-bond donors (Lipinski definition) is 3. The zero-order valence-electron chi connectivity index (χ0n) is 21.0. The highest BCUT2D eigenvalue weighted by molar-refractivity contribution is 7.80. The summed E-state index contributed by atoms with van der Waals surface area (Å²) in [5.41, 5.74) is 0.222. The van der Waals surface area contributed by atoms with Crippen molar-refractivity contribution in [2.24, 2.45) is 0 Å². The fourth-order valence-corrected chi connectivity index (χ4v) is 3.92. The molecule has 15 heteroatoms. The van der Waals surface area contributed by atoms with Crippen molar-refractivity contribution in [2.75, 3.05) is 11.9 Å². The van der Waals surface area contributed by atoms with Crippen molar-refractivity contribution in [3.8, 4) is 11.7 Å². The summed E-state index contributed by atoms with van der Waals surface area (Å²) in [5.74, 6) is -1.82. The van der Waals surface area contributed by atoms with Crippen LogP contribution >= 0.6 is 35.4 Å². The van der Waals surface area contributed by atoms with Gasteiger partial charge in [0.05, 0.1) is 16.3 Å². The molecule has 3 aromatic rings. The Balaban J connectivity index is 1.90. The molecule has 9 nitrogen and oxygen atoms in total. The Morgan fingerprint density at radius 3 is 2.44 bits per heavy atom. The summed E-state index contributed by atoms with van der Waals surface area (Å²) in [4.78, 5) is 30.1. The number of halogens is 5. The van der Waals surface area contributed by atoms with E-state index in [1.165, 1.54) is 24.4 Å². The molecule has 0 atom stereocenters. The number of anilines is 1. The van der Waals surface area contributed by atoms with Gasteiger partial charge < -0.3 is 15.4 Å². The molecule has 1 aromatic carbocycles. The SMILES string of the molecule is Cc1cc(Cl)cc(C(=O)NC(C)(C)C)c1NC(=S)NC(=O)c1cc(OCC(F)(F)F)nn1-c1ncccc1Cl. The van der Waals surface area contributed by atoms with E-state index < -0.39 is 36.0 Å². The molecule has 2 heterocycles. The van der Waals surface area contributed by atoms with E-state index in [0.29, 0.717) is 16.3 Å². The number of nitrogens with one attached hydrogen (secondary N) is 3. The number of aromatic nitrogens is 3. The number of aryl methyl sites for hydroxylation is 1. The molecule has 3 rings (SSSR count). The van der Waals surface area contributed by atoms with Crippen LogP contribution in [0.2, 0.25) is 10.0 Å². The van der Waals surface area contributed by atoms with E-state index >= 15 is 0 Å². The lowest BCUT2D eigenvalue weighted by molar-refractivity contribution is -0.154. The highest BCUT2D eigenvalue weighted by Crippen LogP contribution is 2.27. The number of rotatable bonds is 6. The fraction of sp³-hybridized carbons (Fsp3) is 0.292. The lowest BCUT2D eigenvalue weighted by atomic mass is 10.0. The second-order valence-corrected chi connectivity index (χ2v) is 10.5. The van der Waals surface area contributed by atoms with Gasteiger partial charge in [0.15, 0.2) is 17.5 Å². The van der Waals surface area contributed by atoms with Crippen molar-refractivity contribution in [1.29, 1.82) is 0 Å². The maximum atomic E-state index is 13.2. The Morgan fingerprint density at radius 1 is 1.13 bits per heavy atom. The molecule has 39 heavy (non-hydrogen) atoms. The standard InChI is InChI=1S/C24H23Cl2F3N6O3S/c1-12-8-13(25)9-14(20(36)33-23(2,3)4)18(12)31-22(39)32-21(37)16-10-17(38-11-24(27,28)29)34-35(16)19-15(26)6-5-7-30-19/h5-10H,11H2,1-4H3,(H,33,36)(H2,31,32,37,39). The van der Waals surface area contributed by atoms with E-state index in [2.05, 4.69) is 26.0 Å². The molecule has 0 aliphatic carbocycles. The summed E-state index contributed by atoms with van der Waals surface area (Å²) in [5, 5.41) is 12.2. The number of hydrogen-bond acceptors (Lipinski definition) is 6. The number of thiocarbonyl (C=S) groups is 1. The number of pyridine rings is 1. The number of amides is 2. The Kier molecular flexibility index (Phi) is 9.08. The third kappa shape index (κ3) is 8.28. The molecule has 0 unspecified atom stereocenters. The second kappa shape index (κ2) is 11.8. The number of carbonyl (C=O) groups excluding carboxylic acids is 2. The van der Waals surface area contributed by atoms with Crippen LogP contribution < -0.4 is 20.7 Å². The van der Waals surface area contributed by atoms with Crippen LogP contribution in [-0.4, -0.2) is 50.0 Å². The van der Waals surface area contributed by atoms with E-state index in [0.717, 1.165) is 10.7 Å². The fourth-order valence-electron chi connectivity index (χ4n) is 3.25. The van der Waals surface area contributed by atoms with Gasteiger partial charge in [0.1, 0.15) is 5.69 Å². The van der Waals surface area contributed by atoms with Crippen LogP contribution in [0.3, 0.4) is 0 Å². The average Bonchev–Trinajstić information content (AvgIpc) is 3.22. The molecule has 3 N–H and O–H groups in total. The van der Waals surface area contributed by atoms with Crippen LogP contribution in [0.4, 0.5) is 18.9 Å². The van der Waals surface area contributed by atoms with Gasteiger partial charge in [-0.2, -0.15) is 13.2 Å². The predicted molar refractivity (Wildman–Crippen MR) is 145 cm³/mol. The first kappa shape index (κ1) is 30.1. The van der Waals surface area contributed by atoms with Crippen molar-refractivity contribution in [3.05, 3.63) is 63.4 Å². The van der Waals surface area contributed by atoms with Crippen molar-refractivity contribution in [3.63, 3.8) is 0 Å². The highest BCUT2D eigenvalue weighted by atomic mass is 35.5. The molecule has 0 saturated carbocycles. The van der Waals surface area contributed by atoms with E-state index in [1.54, 1.807) is 13.0 Å². The summed E-state index contributed by atoms with van der Waals surface area (Å²) < 4.78 is 43.7. The van der Waals surface area contributed by atoms with Gasteiger partial charge in [-0.15, -0.1) is 5.10 Å². The van der Waals surface area contributed by atoms with E-state index in [9.17, 15) is 22.8 Å². The molecular weight excluding hydrogens is 580 g/mol. The van der Waals surface area contributed by atoms with E-state index in [4.69, 9.17) is 40.2 Å². The van der Waals surface area contributed by atoms with Crippen molar-refractivity contribution < 1.29 is 27.5 Å². The van der Waals surface area contributed by atoms with Gasteiger partial charge in [-0.1, -0.05) is 23.2 Å². The monoisotopic (exact) mass is 602 g/mol. The Hall–Kier alpha value is -3.42. The first-order valence-electron chi connectivity index (χ1n) is 11.2. The van der Waals surface area contributed by atoms with Crippen LogP contribution in [0.15, 0.2) is 36.5 Å². The van der Waals surface area contributed by atoms with Crippen molar-refractivity contribution in [1.82, 2.24) is 25.4 Å². The van der Waals surface area contributed by atoms with Crippen LogP contribution in [0.25, 0.3) is 5.82 Å². The number of alkyl halides is 3. The van der Waals surface area contributed by atoms with E-state index in [-0.39, 0.29) is 27.2 Å². The minimum atomic E-state index is -4.63. The zero-order chi connectivity index (χ0) is 29.1. The smallest absolute Gasteiger partial charge is 0.422 e. The Morgan fingerprint density at radius 2 is 1.82 bits per heavy atom. The molecule has 2 amide bonds. The van der Waals surface area contributed by atoms with Gasteiger partial charge in [-0.25, -0.2) is 9.67 Å². The van der Waals surface area contributed by atoms with Crippen molar-refractivity contribution >= 4 is 58.0 Å². The third-order valence-corrected chi connectivity index (χ3v) is 5.46. The van der Waals surface area contributed by atoms with Crippen molar-refractivity contribution in [2.45, 2.75) is 39.4 Å². The molecule has 0 spiro atoms. The first-order valence-corrected chi connectivity index (χ1v) is 12.4. The maximum Gasteiger partial charge on any atom is 0.422 e.